The second-order valence-electron chi connectivity index (χ2n) is 9.74. The summed E-state index contributed by atoms with van der Waals surface area (Å²) in [6, 6.07) is 23.0. The number of ketones is 1. The number of fused-ring (bicyclic) bond motifs is 1. The average Bonchev–Trinajstić information content (AvgIpc) is 2.93. The second-order valence-corrected chi connectivity index (χ2v) is 10.2. The Bertz CT molecular complexity index is 1260. The molecule has 4 rings (SSSR count). The van der Waals surface area contributed by atoms with E-state index in [0.29, 0.717) is 10.6 Å². The fourth-order valence-corrected chi connectivity index (χ4v) is 5.07. The van der Waals surface area contributed by atoms with E-state index in [4.69, 9.17) is 16.7 Å². The Balaban J connectivity index is 1.33. The normalized spacial score (nSPS) is 15.1. The van der Waals surface area contributed by atoms with Crippen LogP contribution in [0.25, 0.3) is 0 Å². The van der Waals surface area contributed by atoms with Gasteiger partial charge in [-0.2, -0.15) is 0 Å². The fourth-order valence-electron chi connectivity index (χ4n) is 4.95. The van der Waals surface area contributed by atoms with E-state index < -0.39 is 5.97 Å². The number of nitrogens with one attached hydrogen (secondary N) is 2. The molecule has 1 amide bonds. The molecule has 1 heterocycles. The zero-order valence-electron chi connectivity index (χ0n) is 21.3. The Morgan fingerprint density at radius 2 is 1.71 bits per heavy atom. The van der Waals surface area contributed by atoms with Gasteiger partial charge in [0.25, 0.3) is 5.91 Å². The summed E-state index contributed by atoms with van der Waals surface area (Å²) in [4.78, 5) is 36.5. The van der Waals surface area contributed by atoms with Crippen LogP contribution in [0.2, 0.25) is 5.02 Å². The van der Waals surface area contributed by atoms with Gasteiger partial charge in [0.15, 0.2) is 5.78 Å². The van der Waals surface area contributed by atoms with Crippen molar-refractivity contribution in [1.29, 1.82) is 0 Å². The Morgan fingerprint density at radius 1 is 0.974 bits per heavy atom. The minimum absolute atomic E-state index is 0.103. The summed E-state index contributed by atoms with van der Waals surface area (Å²) in [7, 11) is 0. The van der Waals surface area contributed by atoms with Crippen LogP contribution < -0.4 is 10.6 Å². The van der Waals surface area contributed by atoms with Crippen molar-refractivity contribution in [2.45, 2.75) is 56.9 Å². The smallest absolute Gasteiger partial charge is 0.305 e. The Kier molecular flexibility index (Phi) is 9.55. The molecule has 7 heteroatoms. The average molecular weight is 533 g/mol. The molecule has 0 bridgehead atoms. The minimum Gasteiger partial charge on any atom is -0.481 e. The first-order chi connectivity index (χ1) is 18.4. The highest BCUT2D eigenvalue weighted by molar-refractivity contribution is 6.30. The number of amides is 1. The van der Waals surface area contributed by atoms with E-state index in [-0.39, 0.29) is 36.6 Å². The van der Waals surface area contributed by atoms with Gasteiger partial charge in [-0.3, -0.25) is 14.4 Å². The van der Waals surface area contributed by atoms with E-state index in [0.717, 1.165) is 55.3 Å². The highest BCUT2D eigenvalue weighted by atomic mass is 35.5. The van der Waals surface area contributed by atoms with E-state index in [2.05, 4.69) is 16.7 Å². The summed E-state index contributed by atoms with van der Waals surface area (Å²) in [6.45, 7) is 0.103. The molecule has 38 heavy (non-hydrogen) atoms. The van der Waals surface area contributed by atoms with Crippen LogP contribution in [0.15, 0.2) is 72.8 Å². The Hall–Kier alpha value is -3.64. The van der Waals surface area contributed by atoms with Crippen LogP contribution >= 0.6 is 11.6 Å². The molecule has 0 radical (unpaired) electrons. The van der Waals surface area contributed by atoms with Crippen molar-refractivity contribution in [2.75, 3.05) is 11.9 Å². The monoisotopic (exact) mass is 532 g/mol. The van der Waals surface area contributed by atoms with Gasteiger partial charge in [-0.25, -0.2) is 0 Å². The van der Waals surface area contributed by atoms with E-state index in [9.17, 15) is 14.4 Å². The number of carboxylic acid groups (broad SMARTS) is 1. The number of carboxylic acids is 1. The molecule has 1 aliphatic rings. The van der Waals surface area contributed by atoms with E-state index in [1.54, 1.807) is 12.1 Å². The van der Waals surface area contributed by atoms with Crippen LogP contribution in [0, 0.1) is 0 Å². The summed E-state index contributed by atoms with van der Waals surface area (Å²) >= 11 is 6.12. The number of rotatable bonds is 12. The molecule has 0 saturated heterocycles. The molecule has 3 N–H and O–H groups in total. The van der Waals surface area contributed by atoms with Crippen LogP contribution in [-0.4, -0.2) is 35.4 Å². The van der Waals surface area contributed by atoms with Crippen LogP contribution in [0.3, 0.4) is 0 Å². The third-order valence-electron chi connectivity index (χ3n) is 7.06. The number of anilines is 1. The van der Waals surface area contributed by atoms with Gasteiger partial charge in [0.1, 0.15) is 0 Å². The first-order valence-electron chi connectivity index (χ1n) is 13.1. The maximum atomic E-state index is 13.7. The highest BCUT2D eigenvalue weighted by Gasteiger charge is 2.30. The molecule has 1 aliphatic heterocycles. The van der Waals surface area contributed by atoms with Crippen molar-refractivity contribution in [3.63, 3.8) is 0 Å². The number of para-hydroxylation sites is 1. The molecule has 0 aromatic heterocycles. The molecule has 0 saturated carbocycles. The van der Waals surface area contributed by atoms with Gasteiger partial charge in [0.2, 0.25) is 0 Å². The van der Waals surface area contributed by atoms with Crippen LogP contribution in [0.1, 0.15) is 65.1 Å². The molecule has 2 atom stereocenters. The summed E-state index contributed by atoms with van der Waals surface area (Å²) in [6.07, 6.45) is 4.98. The molecule has 3 aromatic rings. The molecule has 2 unspecified atom stereocenters. The second kappa shape index (κ2) is 13.2. The van der Waals surface area contributed by atoms with Crippen molar-refractivity contribution in [3.05, 3.63) is 100 Å². The van der Waals surface area contributed by atoms with E-state index >= 15 is 0 Å². The molecule has 3 aromatic carbocycles. The minimum atomic E-state index is -0.944. The van der Waals surface area contributed by atoms with Crippen molar-refractivity contribution in [3.8, 4) is 0 Å². The lowest BCUT2D eigenvalue weighted by Gasteiger charge is -2.29. The first-order valence-corrected chi connectivity index (χ1v) is 13.5. The summed E-state index contributed by atoms with van der Waals surface area (Å²) in [5.74, 6) is -1.20. The number of Topliss-reactive ketones (excluding diaryl/α,β-unsaturated/α-hetero) is 1. The molecule has 198 valence electrons. The number of aryl methyl sites for hydroxylation is 2. The summed E-state index contributed by atoms with van der Waals surface area (Å²) < 4.78 is 0. The summed E-state index contributed by atoms with van der Waals surface area (Å²) in [5, 5.41) is 15.4. The van der Waals surface area contributed by atoms with Gasteiger partial charge >= 0.3 is 5.97 Å². The molecular formula is C31H33ClN2O4. The standard InChI is InChI=1S/C31H33ClN2O4/c32-25-16-13-22(14-17-25)26(30(37)28-18-15-23-6-2-4-8-27(23)34-28)7-3-1-5-21-9-11-24(12-10-21)31(38)33-20-19-29(35)36/h2,4,6,8-14,16-17,26,28,34H,1,3,5,7,15,18-20H2,(H,33,38)(H,35,36). The predicted molar refractivity (Wildman–Crippen MR) is 150 cm³/mol. The lowest BCUT2D eigenvalue weighted by molar-refractivity contribution is -0.136. The zero-order valence-corrected chi connectivity index (χ0v) is 22.0. The number of carbonyl (C=O) groups excluding carboxylic acids is 2. The predicted octanol–water partition coefficient (Wildman–Crippen LogP) is 6.04. The topological polar surface area (TPSA) is 95.5 Å². The maximum absolute atomic E-state index is 13.7. The molecule has 0 fully saturated rings. The number of aliphatic carboxylic acids is 1. The number of hydrogen-bond donors (Lipinski definition) is 3. The van der Waals surface area contributed by atoms with Gasteiger partial charge < -0.3 is 15.7 Å². The zero-order chi connectivity index (χ0) is 26.9. The van der Waals surface area contributed by atoms with Crippen molar-refractivity contribution >= 4 is 34.9 Å². The largest absolute Gasteiger partial charge is 0.481 e. The number of hydrogen-bond acceptors (Lipinski definition) is 4. The molecule has 6 nitrogen and oxygen atoms in total. The third kappa shape index (κ3) is 7.45. The van der Waals surface area contributed by atoms with Crippen molar-refractivity contribution in [1.82, 2.24) is 5.32 Å². The van der Waals surface area contributed by atoms with E-state index in [1.807, 2.05) is 54.6 Å². The van der Waals surface area contributed by atoms with Gasteiger partial charge in [-0.05, 0) is 79.1 Å². The lowest BCUT2D eigenvalue weighted by Crippen LogP contribution is -2.36. The SMILES string of the molecule is O=C(O)CCNC(=O)c1ccc(CCCCC(C(=O)C2CCc3ccccc3N2)c2ccc(Cl)cc2)cc1. The van der Waals surface area contributed by atoms with Crippen LogP contribution in [-0.2, 0) is 22.4 Å². The van der Waals surface area contributed by atoms with Gasteiger partial charge in [0.05, 0.1) is 12.5 Å². The molecular weight excluding hydrogens is 500 g/mol. The van der Waals surface area contributed by atoms with Crippen molar-refractivity contribution in [2.24, 2.45) is 0 Å². The first kappa shape index (κ1) is 27.4. The Morgan fingerprint density at radius 3 is 2.45 bits per heavy atom. The lowest BCUT2D eigenvalue weighted by atomic mass is 9.83. The number of halogens is 1. The fraction of sp³-hybridized carbons (Fsp3) is 0.323. The van der Waals surface area contributed by atoms with Gasteiger partial charge in [-0.15, -0.1) is 0 Å². The highest BCUT2D eigenvalue weighted by Crippen LogP contribution is 2.31. The molecule has 0 aliphatic carbocycles. The van der Waals surface area contributed by atoms with Crippen LogP contribution in [0.5, 0.6) is 0 Å². The van der Waals surface area contributed by atoms with Crippen molar-refractivity contribution < 1.29 is 19.5 Å². The number of benzene rings is 3. The third-order valence-corrected chi connectivity index (χ3v) is 7.31. The van der Waals surface area contributed by atoms with E-state index in [1.165, 1.54) is 5.56 Å². The Labute approximate surface area is 228 Å². The van der Waals surface area contributed by atoms with Gasteiger partial charge in [0, 0.05) is 28.7 Å². The summed E-state index contributed by atoms with van der Waals surface area (Å²) in [5.41, 5.74) is 4.92. The van der Waals surface area contributed by atoms with Gasteiger partial charge in [-0.1, -0.05) is 60.5 Å². The number of unbranched alkanes of at least 4 members (excludes halogenated alkanes) is 1. The quantitative estimate of drug-likeness (QED) is 0.247. The maximum Gasteiger partial charge on any atom is 0.305 e. The van der Waals surface area contributed by atoms with Crippen LogP contribution in [0.4, 0.5) is 5.69 Å². The number of carbonyl (C=O) groups is 3. The molecule has 0 spiro atoms.